The minimum Gasteiger partial charge on any atom is -0.377 e. The first-order valence-corrected chi connectivity index (χ1v) is 13.2. The Morgan fingerprint density at radius 3 is 2.50 bits per heavy atom. The van der Waals surface area contributed by atoms with Gasteiger partial charge in [-0.15, -0.1) is 0 Å². The monoisotopic (exact) mass is 501 g/mol. The van der Waals surface area contributed by atoms with Crippen molar-refractivity contribution < 1.29 is 19.2 Å². The van der Waals surface area contributed by atoms with Crippen LogP contribution in [0, 0.1) is 10.1 Å². The average molecular weight is 502 g/mol. The SMILES string of the molecule is CC(=O)N1CCC(N(Cc2ccc([N+](=O)[O-])cc2)CC2CCCO2)C[C@@H]1C(=O)NC1CCC(N)CC1. The number of ether oxygens (including phenoxy) is 1. The molecular weight excluding hydrogens is 462 g/mol. The number of nitrogens with zero attached hydrogens (tertiary/aromatic N) is 3. The number of nitrogens with one attached hydrogen (secondary N) is 1. The predicted molar refractivity (Wildman–Crippen MR) is 135 cm³/mol. The van der Waals surface area contributed by atoms with Crippen LogP contribution in [0.15, 0.2) is 24.3 Å². The molecule has 2 aliphatic heterocycles. The van der Waals surface area contributed by atoms with Gasteiger partial charge in [-0.3, -0.25) is 24.6 Å². The summed E-state index contributed by atoms with van der Waals surface area (Å²) in [6, 6.07) is 6.55. The van der Waals surface area contributed by atoms with E-state index in [2.05, 4.69) is 10.2 Å². The van der Waals surface area contributed by atoms with Crippen LogP contribution >= 0.6 is 0 Å². The summed E-state index contributed by atoms with van der Waals surface area (Å²) in [5.74, 6) is -0.164. The van der Waals surface area contributed by atoms with Crippen molar-refractivity contribution >= 4 is 17.5 Å². The second-order valence-electron chi connectivity index (χ2n) is 10.5. The molecular formula is C26H39N5O5. The van der Waals surface area contributed by atoms with E-state index >= 15 is 0 Å². The second kappa shape index (κ2) is 12.1. The largest absolute Gasteiger partial charge is 0.377 e. The van der Waals surface area contributed by atoms with Crippen molar-refractivity contribution in [2.45, 2.75) is 95.1 Å². The number of hydrogen-bond acceptors (Lipinski definition) is 7. The van der Waals surface area contributed by atoms with Gasteiger partial charge in [0.15, 0.2) is 0 Å². The fourth-order valence-electron chi connectivity index (χ4n) is 5.81. The average Bonchev–Trinajstić information content (AvgIpc) is 3.38. The molecule has 1 aromatic rings. The van der Waals surface area contributed by atoms with Gasteiger partial charge in [0, 0.05) is 63.4 Å². The molecule has 1 aromatic carbocycles. The molecule has 3 N–H and O–H groups in total. The van der Waals surface area contributed by atoms with Crippen molar-refractivity contribution in [1.29, 1.82) is 0 Å². The topological polar surface area (TPSA) is 131 Å². The van der Waals surface area contributed by atoms with Crippen molar-refractivity contribution in [3.63, 3.8) is 0 Å². The van der Waals surface area contributed by atoms with E-state index in [1.165, 1.54) is 19.1 Å². The molecule has 2 saturated heterocycles. The predicted octanol–water partition coefficient (Wildman–Crippen LogP) is 2.34. The number of likely N-dealkylation sites (tertiary alicyclic amines) is 1. The van der Waals surface area contributed by atoms with Crippen LogP contribution in [-0.2, 0) is 20.9 Å². The standard InChI is InChI=1S/C26H39N5O5/c1-18(32)30-13-12-23(15-25(30)26(33)28-21-8-6-20(27)7-9-21)29(17-24-3-2-14-36-24)16-19-4-10-22(11-5-19)31(34)35/h4-5,10-11,20-21,23-25H,2-3,6-9,12-17,27H2,1H3,(H,28,33)/t20?,21?,23?,24?,25-/m1/s1. The molecule has 3 fully saturated rings. The van der Waals surface area contributed by atoms with Gasteiger partial charge in [-0.1, -0.05) is 12.1 Å². The van der Waals surface area contributed by atoms with Crippen LogP contribution in [0.5, 0.6) is 0 Å². The van der Waals surface area contributed by atoms with Gasteiger partial charge in [0.25, 0.3) is 5.69 Å². The lowest BCUT2D eigenvalue weighted by Crippen LogP contribution is -2.58. The van der Waals surface area contributed by atoms with Gasteiger partial charge in [0.05, 0.1) is 11.0 Å². The first-order chi connectivity index (χ1) is 17.3. The Kier molecular flexibility index (Phi) is 8.92. The first kappa shape index (κ1) is 26.5. The Labute approximate surface area is 212 Å². The lowest BCUT2D eigenvalue weighted by atomic mass is 9.90. The molecule has 0 aromatic heterocycles. The molecule has 10 nitrogen and oxygen atoms in total. The van der Waals surface area contributed by atoms with E-state index in [0.717, 1.165) is 63.7 Å². The Morgan fingerprint density at radius 2 is 1.89 bits per heavy atom. The van der Waals surface area contributed by atoms with E-state index in [9.17, 15) is 19.7 Å². The molecule has 2 heterocycles. The minimum absolute atomic E-state index is 0.0691. The summed E-state index contributed by atoms with van der Waals surface area (Å²) in [5.41, 5.74) is 7.07. The highest BCUT2D eigenvalue weighted by Gasteiger charge is 2.38. The van der Waals surface area contributed by atoms with Crippen LogP contribution in [0.4, 0.5) is 5.69 Å². The van der Waals surface area contributed by atoms with E-state index in [1.54, 1.807) is 17.0 Å². The van der Waals surface area contributed by atoms with Crippen LogP contribution in [0.25, 0.3) is 0 Å². The van der Waals surface area contributed by atoms with E-state index in [-0.39, 0.29) is 41.7 Å². The summed E-state index contributed by atoms with van der Waals surface area (Å²) in [6.45, 7) is 4.15. The van der Waals surface area contributed by atoms with Gasteiger partial charge in [-0.25, -0.2) is 0 Å². The zero-order valence-corrected chi connectivity index (χ0v) is 21.1. The molecule has 0 bridgehead atoms. The highest BCUT2D eigenvalue weighted by atomic mass is 16.6. The number of non-ortho nitro benzene ring substituents is 1. The molecule has 2 amide bonds. The summed E-state index contributed by atoms with van der Waals surface area (Å²) in [6.07, 6.45) is 7.03. The molecule has 1 saturated carbocycles. The van der Waals surface area contributed by atoms with Crippen LogP contribution in [-0.4, -0.2) is 76.5 Å². The number of amides is 2. The van der Waals surface area contributed by atoms with E-state index in [0.29, 0.717) is 19.5 Å². The molecule has 0 spiro atoms. The molecule has 10 heteroatoms. The lowest BCUT2D eigenvalue weighted by Gasteiger charge is -2.43. The number of nitrogens with two attached hydrogens (primary N) is 1. The quantitative estimate of drug-likeness (QED) is 0.413. The maximum absolute atomic E-state index is 13.4. The third-order valence-electron chi connectivity index (χ3n) is 7.91. The second-order valence-corrected chi connectivity index (χ2v) is 10.5. The minimum atomic E-state index is -0.513. The van der Waals surface area contributed by atoms with Gasteiger partial charge < -0.3 is 20.7 Å². The summed E-state index contributed by atoms with van der Waals surface area (Å²) in [4.78, 5) is 40.5. The molecule has 198 valence electrons. The molecule has 36 heavy (non-hydrogen) atoms. The highest BCUT2D eigenvalue weighted by Crippen LogP contribution is 2.27. The number of carbonyl (C=O) groups excluding carboxylic acids is 2. The summed E-state index contributed by atoms with van der Waals surface area (Å²) in [5, 5.41) is 14.3. The number of nitro benzene ring substituents is 1. The van der Waals surface area contributed by atoms with Crippen LogP contribution < -0.4 is 11.1 Å². The third-order valence-corrected chi connectivity index (χ3v) is 7.91. The van der Waals surface area contributed by atoms with Crippen LogP contribution in [0.2, 0.25) is 0 Å². The zero-order chi connectivity index (χ0) is 25.7. The zero-order valence-electron chi connectivity index (χ0n) is 21.1. The van der Waals surface area contributed by atoms with E-state index in [4.69, 9.17) is 10.5 Å². The van der Waals surface area contributed by atoms with Crippen LogP contribution in [0.1, 0.15) is 63.9 Å². The van der Waals surface area contributed by atoms with Gasteiger partial charge in [-0.05, 0) is 56.9 Å². The molecule has 3 aliphatic rings. The molecule has 4 rings (SSSR count). The summed E-state index contributed by atoms with van der Waals surface area (Å²) >= 11 is 0. The first-order valence-electron chi connectivity index (χ1n) is 13.2. The Balaban J connectivity index is 1.48. The van der Waals surface area contributed by atoms with Crippen molar-refractivity contribution in [2.24, 2.45) is 5.73 Å². The van der Waals surface area contributed by atoms with Crippen molar-refractivity contribution in [2.75, 3.05) is 19.7 Å². The summed E-state index contributed by atoms with van der Waals surface area (Å²) < 4.78 is 5.92. The smallest absolute Gasteiger partial charge is 0.269 e. The van der Waals surface area contributed by atoms with Crippen molar-refractivity contribution in [1.82, 2.24) is 15.1 Å². The normalized spacial score (nSPS) is 28.8. The fraction of sp³-hybridized carbons (Fsp3) is 0.692. The van der Waals surface area contributed by atoms with Gasteiger partial charge in [-0.2, -0.15) is 0 Å². The third kappa shape index (κ3) is 6.80. The van der Waals surface area contributed by atoms with E-state index in [1.807, 2.05) is 0 Å². The molecule has 2 unspecified atom stereocenters. The molecule has 1 aliphatic carbocycles. The van der Waals surface area contributed by atoms with Crippen molar-refractivity contribution in [3.8, 4) is 0 Å². The number of hydrogen-bond donors (Lipinski definition) is 2. The fourth-order valence-corrected chi connectivity index (χ4v) is 5.81. The highest BCUT2D eigenvalue weighted by molar-refractivity contribution is 5.87. The Bertz CT molecular complexity index is 912. The maximum Gasteiger partial charge on any atom is 0.269 e. The number of nitro groups is 1. The number of piperidine rings is 1. The van der Waals surface area contributed by atoms with Gasteiger partial charge in [0.2, 0.25) is 11.8 Å². The number of benzene rings is 1. The Morgan fingerprint density at radius 1 is 1.17 bits per heavy atom. The molecule has 3 atom stereocenters. The number of carbonyl (C=O) groups is 2. The summed E-state index contributed by atoms with van der Waals surface area (Å²) in [7, 11) is 0. The van der Waals surface area contributed by atoms with Gasteiger partial charge in [0.1, 0.15) is 6.04 Å². The van der Waals surface area contributed by atoms with Gasteiger partial charge >= 0.3 is 0 Å². The van der Waals surface area contributed by atoms with Crippen molar-refractivity contribution in [3.05, 3.63) is 39.9 Å². The lowest BCUT2D eigenvalue weighted by molar-refractivity contribution is -0.384. The van der Waals surface area contributed by atoms with Crippen LogP contribution in [0.3, 0.4) is 0 Å². The Hall–Kier alpha value is -2.56. The number of rotatable bonds is 8. The maximum atomic E-state index is 13.4. The van der Waals surface area contributed by atoms with E-state index < -0.39 is 11.0 Å². The molecule has 0 radical (unpaired) electrons.